The molecule has 20 heavy (non-hydrogen) atoms. The molecule has 0 spiro atoms. The number of aliphatic hydroxyl groups excluding tert-OH is 1. The molecule has 1 aliphatic heterocycles. The minimum atomic E-state index is -0.590. The molecule has 2 unspecified atom stereocenters. The number of aliphatic hydroxyl groups is 1. The monoisotopic (exact) mass is 279 g/mol. The molecule has 1 fully saturated rings. The van der Waals surface area contributed by atoms with Gasteiger partial charge < -0.3 is 20.3 Å². The highest BCUT2D eigenvalue weighted by Crippen LogP contribution is 2.40. The van der Waals surface area contributed by atoms with Crippen LogP contribution in [0, 0.1) is 5.41 Å². The average molecular weight is 279 g/mol. The van der Waals surface area contributed by atoms with Gasteiger partial charge in [0.2, 0.25) is 0 Å². The van der Waals surface area contributed by atoms with Crippen LogP contribution in [0.2, 0.25) is 0 Å². The second-order valence-electron chi connectivity index (χ2n) is 5.54. The van der Waals surface area contributed by atoms with Crippen molar-refractivity contribution >= 4 is 0 Å². The number of hydrogen-bond donors (Lipinski definition) is 2. The molecule has 1 aliphatic rings. The zero-order valence-corrected chi connectivity index (χ0v) is 12.2. The Kier molecular flexibility index (Phi) is 5.40. The highest BCUT2D eigenvalue weighted by Gasteiger charge is 2.39. The van der Waals surface area contributed by atoms with Gasteiger partial charge in [-0.3, -0.25) is 0 Å². The molecule has 1 aromatic rings. The van der Waals surface area contributed by atoms with E-state index in [1.807, 2.05) is 24.3 Å². The SMILES string of the molecule is CCCOc1ccc(C(O)C2(CN)CCCOC2)cc1. The van der Waals surface area contributed by atoms with Gasteiger partial charge in [-0.25, -0.2) is 0 Å². The minimum absolute atomic E-state index is 0.357. The summed E-state index contributed by atoms with van der Waals surface area (Å²) >= 11 is 0. The zero-order chi connectivity index (χ0) is 14.4. The van der Waals surface area contributed by atoms with Crippen molar-refractivity contribution in [3.8, 4) is 5.75 Å². The van der Waals surface area contributed by atoms with Gasteiger partial charge in [0, 0.05) is 18.6 Å². The van der Waals surface area contributed by atoms with Crippen LogP contribution in [0.1, 0.15) is 37.9 Å². The van der Waals surface area contributed by atoms with Crippen molar-refractivity contribution in [3.05, 3.63) is 29.8 Å². The predicted octanol–water partition coefficient (Wildman–Crippen LogP) is 2.26. The number of nitrogens with two attached hydrogens (primary N) is 1. The van der Waals surface area contributed by atoms with E-state index in [0.29, 0.717) is 19.8 Å². The van der Waals surface area contributed by atoms with Crippen molar-refractivity contribution in [1.82, 2.24) is 0 Å². The lowest BCUT2D eigenvalue weighted by Crippen LogP contribution is -2.43. The number of ether oxygens (including phenoxy) is 2. The molecule has 112 valence electrons. The third-order valence-corrected chi connectivity index (χ3v) is 4.01. The Morgan fingerprint density at radius 3 is 2.70 bits per heavy atom. The van der Waals surface area contributed by atoms with Gasteiger partial charge in [0.05, 0.1) is 19.3 Å². The standard InChI is InChI=1S/C16H25NO3/c1-2-9-20-14-6-4-13(5-7-14)15(18)16(11-17)8-3-10-19-12-16/h4-7,15,18H,2-3,8-12,17H2,1H3. The van der Waals surface area contributed by atoms with E-state index in [2.05, 4.69) is 6.92 Å². The van der Waals surface area contributed by atoms with Crippen molar-refractivity contribution in [3.63, 3.8) is 0 Å². The summed E-state index contributed by atoms with van der Waals surface area (Å²) in [6.07, 6.45) is 2.25. The van der Waals surface area contributed by atoms with Crippen molar-refractivity contribution in [2.45, 2.75) is 32.3 Å². The van der Waals surface area contributed by atoms with E-state index in [9.17, 15) is 5.11 Å². The Bertz CT molecular complexity index is 399. The van der Waals surface area contributed by atoms with E-state index in [0.717, 1.165) is 37.2 Å². The molecule has 1 aromatic carbocycles. The van der Waals surface area contributed by atoms with E-state index in [4.69, 9.17) is 15.2 Å². The lowest BCUT2D eigenvalue weighted by atomic mass is 9.75. The first kappa shape index (κ1) is 15.3. The van der Waals surface area contributed by atoms with Gasteiger partial charge in [0.1, 0.15) is 5.75 Å². The van der Waals surface area contributed by atoms with Gasteiger partial charge >= 0.3 is 0 Å². The van der Waals surface area contributed by atoms with Gasteiger partial charge in [0.25, 0.3) is 0 Å². The summed E-state index contributed by atoms with van der Waals surface area (Å²) < 4.78 is 11.1. The topological polar surface area (TPSA) is 64.7 Å². The summed E-state index contributed by atoms with van der Waals surface area (Å²) in [6.45, 7) is 4.51. The smallest absolute Gasteiger partial charge is 0.119 e. The Hall–Kier alpha value is -1.10. The van der Waals surface area contributed by atoms with Crippen LogP contribution in [0.25, 0.3) is 0 Å². The van der Waals surface area contributed by atoms with Crippen LogP contribution in [-0.4, -0.2) is 31.5 Å². The highest BCUT2D eigenvalue weighted by atomic mass is 16.5. The first-order chi connectivity index (χ1) is 9.72. The zero-order valence-electron chi connectivity index (χ0n) is 12.2. The van der Waals surface area contributed by atoms with E-state index in [1.54, 1.807) is 0 Å². The third-order valence-electron chi connectivity index (χ3n) is 4.01. The predicted molar refractivity (Wildman–Crippen MR) is 78.7 cm³/mol. The third kappa shape index (κ3) is 3.32. The summed E-state index contributed by atoms with van der Waals surface area (Å²) in [5, 5.41) is 10.7. The average Bonchev–Trinajstić information content (AvgIpc) is 2.53. The Morgan fingerprint density at radius 2 is 2.15 bits per heavy atom. The fourth-order valence-corrected chi connectivity index (χ4v) is 2.68. The molecule has 4 nitrogen and oxygen atoms in total. The van der Waals surface area contributed by atoms with Crippen molar-refractivity contribution < 1.29 is 14.6 Å². The molecule has 0 bridgehead atoms. The summed E-state index contributed by atoms with van der Waals surface area (Å²) in [5.74, 6) is 0.837. The molecular weight excluding hydrogens is 254 g/mol. The summed E-state index contributed by atoms with van der Waals surface area (Å²) in [5.41, 5.74) is 6.43. The van der Waals surface area contributed by atoms with Gasteiger partial charge in [-0.2, -0.15) is 0 Å². The fraction of sp³-hybridized carbons (Fsp3) is 0.625. The number of rotatable bonds is 6. The summed E-state index contributed by atoms with van der Waals surface area (Å²) in [6, 6.07) is 7.65. The largest absolute Gasteiger partial charge is 0.494 e. The van der Waals surface area contributed by atoms with Crippen LogP contribution in [-0.2, 0) is 4.74 Å². The number of hydrogen-bond acceptors (Lipinski definition) is 4. The van der Waals surface area contributed by atoms with Crippen molar-refractivity contribution in [1.29, 1.82) is 0 Å². The van der Waals surface area contributed by atoms with E-state index >= 15 is 0 Å². The van der Waals surface area contributed by atoms with E-state index in [1.165, 1.54) is 0 Å². The maximum atomic E-state index is 10.7. The molecular formula is C16H25NO3. The summed E-state index contributed by atoms with van der Waals surface area (Å²) in [7, 11) is 0. The highest BCUT2D eigenvalue weighted by molar-refractivity contribution is 5.29. The van der Waals surface area contributed by atoms with Crippen molar-refractivity contribution in [2.75, 3.05) is 26.4 Å². The van der Waals surface area contributed by atoms with Gasteiger partial charge in [-0.1, -0.05) is 19.1 Å². The summed E-state index contributed by atoms with van der Waals surface area (Å²) in [4.78, 5) is 0. The van der Waals surface area contributed by atoms with Crippen LogP contribution in [0.4, 0.5) is 0 Å². The maximum Gasteiger partial charge on any atom is 0.119 e. The van der Waals surface area contributed by atoms with E-state index in [-0.39, 0.29) is 5.41 Å². The quantitative estimate of drug-likeness (QED) is 0.838. The molecule has 4 heteroatoms. The van der Waals surface area contributed by atoms with Gasteiger partial charge in [-0.05, 0) is 37.0 Å². The molecule has 0 aromatic heterocycles. The van der Waals surface area contributed by atoms with Crippen LogP contribution < -0.4 is 10.5 Å². The lowest BCUT2D eigenvalue weighted by molar-refractivity contribution is -0.0782. The fourth-order valence-electron chi connectivity index (χ4n) is 2.68. The van der Waals surface area contributed by atoms with Crippen LogP contribution in [0.5, 0.6) is 5.75 Å². The van der Waals surface area contributed by atoms with Crippen LogP contribution >= 0.6 is 0 Å². The Balaban J connectivity index is 2.09. The first-order valence-electron chi connectivity index (χ1n) is 7.40. The maximum absolute atomic E-state index is 10.7. The number of benzene rings is 1. The molecule has 1 heterocycles. The van der Waals surface area contributed by atoms with Crippen LogP contribution in [0.3, 0.4) is 0 Å². The normalized spacial score (nSPS) is 24.4. The van der Waals surface area contributed by atoms with Crippen LogP contribution in [0.15, 0.2) is 24.3 Å². The molecule has 3 N–H and O–H groups in total. The Labute approximate surface area is 120 Å². The van der Waals surface area contributed by atoms with E-state index < -0.39 is 6.10 Å². The molecule has 2 rings (SSSR count). The van der Waals surface area contributed by atoms with Gasteiger partial charge in [0.15, 0.2) is 0 Å². The second kappa shape index (κ2) is 7.07. The Morgan fingerprint density at radius 1 is 1.40 bits per heavy atom. The second-order valence-corrected chi connectivity index (χ2v) is 5.54. The first-order valence-corrected chi connectivity index (χ1v) is 7.40. The molecule has 0 aliphatic carbocycles. The molecule has 0 radical (unpaired) electrons. The molecule has 0 saturated carbocycles. The molecule has 1 saturated heterocycles. The van der Waals surface area contributed by atoms with Crippen molar-refractivity contribution in [2.24, 2.45) is 11.1 Å². The minimum Gasteiger partial charge on any atom is -0.494 e. The molecule has 0 amide bonds. The lowest BCUT2D eigenvalue weighted by Gasteiger charge is -2.40. The van der Waals surface area contributed by atoms with Gasteiger partial charge in [-0.15, -0.1) is 0 Å². The molecule has 2 atom stereocenters.